The van der Waals surface area contributed by atoms with Crippen molar-refractivity contribution in [2.45, 2.75) is 276 Å². The Bertz CT molecular complexity index is 981. The van der Waals surface area contributed by atoms with Gasteiger partial charge in [-0.15, -0.1) is 0 Å². The predicted molar refractivity (Wildman–Crippen MR) is 262 cm³/mol. The van der Waals surface area contributed by atoms with Crippen molar-refractivity contribution in [2.24, 2.45) is 0 Å². The van der Waals surface area contributed by atoms with Gasteiger partial charge in [-0.2, -0.15) is 0 Å². The highest BCUT2D eigenvalue weighted by atomic mass is 16.3. The van der Waals surface area contributed by atoms with Gasteiger partial charge in [0.15, 0.2) is 0 Å². The molecule has 0 bridgehead atoms. The molecule has 0 radical (unpaired) electrons. The summed E-state index contributed by atoms with van der Waals surface area (Å²) in [6, 6.07) is -0.650. The normalized spacial score (nSPS) is 13.4. The Morgan fingerprint density at radius 1 is 0.407 bits per heavy atom. The van der Waals surface area contributed by atoms with Crippen LogP contribution in [0, 0.1) is 0 Å². The maximum Gasteiger partial charge on any atom is 0.220 e. The molecule has 4 nitrogen and oxygen atoms in total. The van der Waals surface area contributed by atoms with Crippen LogP contribution in [-0.4, -0.2) is 34.9 Å². The summed E-state index contributed by atoms with van der Waals surface area (Å²) < 4.78 is 0. The Hall–Kier alpha value is -1.91. The Labute approximate surface area is 368 Å². The third-order valence-electron chi connectivity index (χ3n) is 11.7. The lowest BCUT2D eigenvalue weighted by Crippen LogP contribution is -2.45. The summed E-state index contributed by atoms with van der Waals surface area (Å²) in [7, 11) is 0. The SMILES string of the molecule is CCCCCCCCCCC/C=C\C/C=C\CCCCCCCCCCCC(=O)NC(CO)C(O)/C=C/CC/C=C/CC/C=C/CCCCCCCCCCCCCC. The molecule has 0 aromatic heterocycles. The number of rotatable bonds is 47. The van der Waals surface area contributed by atoms with Crippen LogP contribution in [0.5, 0.6) is 0 Å². The van der Waals surface area contributed by atoms with E-state index in [2.05, 4.69) is 67.8 Å². The van der Waals surface area contributed by atoms with E-state index < -0.39 is 12.1 Å². The second-order valence-corrected chi connectivity index (χ2v) is 17.6. The van der Waals surface area contributed by atoms with E-state index in [9.17, 15) is 15.0 Å². The van der Waals surface area contributed by atoms with E-state index in [0.29, 0.717) is 6.42 Å². The van der Waals surface area contributed by atoms with E-state index in [4.69, 9.17) is 0 Å². The van der Waals surface area contributed by atoms with Gasteiger partial charge in [0.05, 0.1) is 18.8 Å². The summed E-state index contributed by atoms with van der Waals surface area (Å²) in [4.78, 5) is 12.4. The molecule has 0 aliphatic rings. The molecule has 0 aromatic rings. The van der Waals surface area contributed by atoms with Gasteiger partial charge in [-0.3, -0.25) is 4.79 Å². The number of nitrogens with one attached hydrogen (secondary N) is 1. The van der Waals surface area contributed by atoms with Crippen LogP contribution in [0.15, 0.2) is 60.8 Å². The molecule has 0 rings (SSSR count). The van der Waals surface area contributed by atoms with E-state index in [-0.39, 0.29) is 12.5 Å². The molecule has 0 fully saturated rings. The molecule has 0 aliphatic carbocycles. The molecule has 0 saturated heterocycles. The Morgan fingerprint density at radius 2 is 0.712 bits per heavy atom. The van der Waals surface area contributed by atoms with Gasteiger partial charge in [0, 0.05) is 6.42 Å². The van der Waals surface area contributed by atoms with Gasteiger partial charge in [-0.05, 0) is 77.0 Å². The summed E-state index contributed by atoms with van der Waals surface area (Å²) >= 11 is 0. The Morgan fingerprint density at radius 3 is 1.08 bits per heavy atom. The molecule has 0 aromatic carbocycles. The quantitative estimate of drug-likeness (QED) is 0.0423. The first-order chi connectivity index (χ1) is 29.2. The van der Waals surface area contributed by atoms with Gasteiger partial charge in [-0.25, -0.2) is 0 Å². The highest BCUT2D eigenvalue weighted by molar-refractivity contribution is 5.76. The van der Waals surface area contributed by atoms with Crippen LogP contribution in [0.1, 0.15) is 264 Å². The van der Waals surface area contributed by atoms with Gasteiger partial charge in [0.1, 0.15) is 0 Å². The number of unbranched alkanes of at least 4 members (excludes halogenated alkanes) is 32. The maximum atomic E-state index is 12.4. The lowest BCUT2D eigenvalue weighted by atomic mass is 10.0. The van der Waals surface area contributed by atoms with Crippen LogP contribution < -0.4 is 5.32 Å². The second kappa shape index (κ2) is 50.4. The fourth-order valence-corrected chi connectivity index (χ4v) is 7.71. The third kappa shape index (κ3) is 47.0. The van der Waals surface area contributed by atoms with Crippen molar-refractivity contribution in [1.82, 2.24) is 5.32 Å². The topological polar surface area (TPSA) is 69.6 Å². The molecule has 0 heterocycles. The van der Waals surface area contributed by atoms with Gasteiger partial charge in [-0.1, -0.05) is 242 Å². The highest BCUT2D eigenvalue weighted by Crippen LogP contribution is 2.15. The maximum absolute atomic E-state index is 12.4. The van der Waals surface area contributed by atoms with Crippen molar-refractivity contribution in [3.8, 4) is 0 Å². The van der Waals surface area contributed by atoms with Crippen LogP contribution >= 0.6 is 0 Å². The number of allylic oxidation sites excluding steroid dienone is 9. The number of hydrogen-bond acceptors (Lipinski definition) is 3. The molecule has 2 atom stereocenters. The molecule has 4 heteroatoms. The molecular formula is C55H101NO3. The fraction of sp³-hybridized carbons (Fsp3) is 0.800. The van der Waals surface area contributed by atoms with E-state index in [1.165, 1.54) is 199 Å². The van der Waals surface area contributed by atoms with Crippen molar-refractivity contribution < 1.29 is 15.0 Å². The zero-order valence-electron chi connectivity index (χ0n) is 39.5. The van der Waals surface area contributed by atoms with Crippen molar-refractivity contribution in [3.05, 3.63) is 60.8 Å². The van der Waals surface area contributed by atoms with Crippen molar-refractivity contribution in [3.63, 3.8) is 0 Å². The lowest BCUT2D eigenvalue weighted by molar-refractivity contribution is -0.123. The largest absolute Gasteiger partial charge is 0.394 e. The minimum atomic E-state index is -0.875. The summed E-state index contributed by atoms with van der Waals surface area (Å²) in [5, 5.41) is 23.1. The first kappa shape index (κ1) is 57.1. The zero-order chi connectivity index (χ0) is 42.8. The first-order valence-corrected chi connectivity index (χ1v) is 26.0. The van der Waals surface area contributed by atoms with Gasteiger partial charge in [0.2, 0.25) is 5.91 Å². The van der Waals surface area contributed by atoms with Gasteiger partial charge >= 0.3 is 0 Å². The van der Waals surface area contributed by atoms with Crippen LogP contribution in [-0.2, 0) is 4.79 Å². The van der Waals surface area contributed by atoms with E-state index in [1.807, 2.05) is 6.08 Å². The highest BCUT2D eigenvalue weighted by Gasteiger charge is 2.17. The monoisotopic (exact) mass is 824 g/mol. The van der Waals surface area contributed by atoms with Crippen molar-refractivity contribution in [1.29, 1.82) is 0 Å². The predicted octanol–water partition coefficient (Wildman–Crippen LogP) is 16.9. The standard InChI is InChI=1S/C55H101NO3/c1-3-5-7-9-11-13-15-17-19-21-23-25-27-28-29-31-33-35-37-39-41-43-45-47-49-51-55(59)56-53(52-57)54(58)50-48-46-44-42-40-38-36-34-32-30-26-24-22-20-18-16-14-12-10-8-6-4-2/h23,25,28-29,32,34,40,42,48,50,53-54,57-58H,3-22,24,26-27,30-31,33,35-39,41,43-47,49,51-52H2,1-2H3,(H,56,59)/b25-23-,29-28-,34-32+,42-40+,50-48+. The van der Waals surface area contributed by atoms with Crippen LogP contribution in [0.3, 0.4) is 0 Å². The summed E-state index contributed by atoms with van der Waals surface area (Å²) in [5.74, 6) is -0.0817. The molecule has 59 heavy (non-hydrogen) atoms. The molecule has 0 aliphatic heterocycles. The number of aliphatic hydroxyl groups is 2. The molecule has 3 N–H and O–H groups in total. The second-order valence-electron chi connectivity index (χ2n) is 17.6. The summed E-state index contributed by atoms with van der Waals surface area (Å²) in [6.07, 6.45) is 70.7. The average Bonchev–Trinajstić information content (AvgIpc) is 3.24. The van der Waals surface area contributed by atoms with Crippen LogP contribution in [0.4, 0.5) is 0 Å². The number of carbonyl (C=O) groups is 1. The molecule has 0 saturated carbocycles. The molecule has 0 spiro atoms. The molecule has 2 unspecified atom stereocenters. The van der Waals surface area contributed by atoms with Crippen molar-refractivity contribution >= 4 is 5.91 Å². The zero-order valence-corrected chi connectivity index (χ0v) is 39.5. The summed E-state index contributed by atoms with van der Waals surface area (Å²) in [5.41, 5.74) is 0. The van der Waals surface area contributed by atoms with Crippen molar-refractivity contribution in [2.75, 3.05) is 6.61 Å². The fourth-order valence-electron chi connectivity index (χ4n) is 7.71. The minimum Gasteiger partial charge on any atom is -0.394 e. The number of amides is 1. The van der Waals surface area contributed by atoms with E-state index in [0.717, 1.165) is 44.9 Å². The third-order valence-corrected chi connectivity index (χ3v) is 11.7. The van der Waals surface area contributed by atoms with Crippen LogP contribution in [0.2, 0.25) is 0 Å². The van der Waals surface area contributed by atoms with Gasteiger partial charge in [0.25, 0.3) is 0 Å². The number of carbonyl (C=O) groups excluding carboxylic acids is 1. The molecule has 344 valence electrons. The van der Waals surface area contributed by atoms with Gasteiger partial charge < -0.3 is 15.5 Å². The lowest BCUT2D eigenvalue weighted by Gasteiger charge is -2.19. The number of aliphatic hydroxyl groups excluding tert-OH is 2. The van der Waals surface area contributed by atoms with E-state index >= 15 is 0 Å². The smallest absolute Gasteiger partial charge is 0.220 e. The summed E-state index contributed by atoms with van der Waals surface area (Å²) in [6.45, 7) is 4.31. The van der Waals surface area contributed by atoms with Crippen LogP contribution in [0.25, 0.3) is 0 Å². The Kier molecular flexibility index (Phi) is 48.8. The molecular weight excluding hydrogens is 723 g/mol. The molecule has 1 amide bonds. The Balaban J connectivity index is 3.61. The number of hydrogen-bond donors (Lipinski definition) is 3. The average molecular weight is 824 g/mol. The minimum absolute atomic E-state index is 0.0817. The first-order valence-electron chi connectivity index (χ1n) is 26.0. The van der Waals surface area contributed by atoms with E-state index in [1.54, 1.807) is 6.08 Å².